The molecule has 7 nitrogen and oxygen atoms in total. The van der Waals surface area contributed by atoms with Gasteiger partial charge in [0.2, 0.25) is 0 Å². The molecule has 0 amide bonds. The molecule has 0 N–H and O–H groups in total. The Hall–Kier alpha value is -1.89. The Morgan fingerprint density at radius 1 is 1.38 bits per heavy atom. The standard InChI is InChI=1S/C14H20N4O3/c1-2-11-7-13(21-16-11)10-18-14(19)8-12(9-15-18)17-3-5-20-6-4-17/h8-9,13H,2-7,10H2,1H3/t13-/m1/s1. The molecule has 0 saturated carbocycles. The van der Waals surface area contributed by atoms with E-state index in [-0.39, 0.29) is 11.7 Å². The van der Waals surface area contributed by atoms with E-state index in [1.807, 2.05) is 6.92 Å². The van der Waals surface area contributed by atoms with Gasteiger partial charge in [0.15, 0.2) is 6.10 Å². The van der Waals surface area contributed by atoms with E-state index >= 15 is 0 Å². The lowest BCUT2D eigenvalue weighted by molar-refractivity contribution is 0.0685. The monoisotopic (exact) mass is 292 g/mol. The summed E-state index contributed by atoms with van der Waals surface area (Å²) in [4.78, 5) is 19.6. The summed E-state index contributed by atoms with van der Waals surface area (Å²) in [6.45, 7) is 5.46. The molecule has 1 saturated heterocycles. The van der Waals surface area contributed by atoms with E-state index in [2.05, 4.69) is 15.2 Å². The summed E-state index contributed by atoms with van der Waals surface area (Å²) in [7, 11) is 0. The van der Waals surface area contributed by atoms with E-state index in [1.54, 1.807) is 12.3 Å². The summed E-state index contributed by atoms with van der Waals surface area (Å²) in [5.41, 5.74) is 1.79. The largest absolute Gasteiger partial charge is 0.390 e. The fourth-order valence-corrected chi connectivity index (χ4v) is 2.54. The molecule has 3 heterocycles. The molecule has 1 aromatic rings. The Labute approximate surface area is 123 Å². The zero-order valence-electron chi connectivity index (χ0n) is 12.2. The molecule has 2 aliphatic heterocycles. The van der Waals surface area contributed by atoms with Crippen molar-refractivity contribution in [2.24, 2.45) is 5.16 Å². The highest BCUT2D eigenvalue weighted by molar-refractivity contribution is 5.85. The third-order valence-corrected chi connectivity index (χ3v) is 3.81. The van der Waals surface area contributed by atoms with E-state index in [4.69, 9.17) is 9.57 Å². The lowest BCUT2D eigenvalue weighted by atomic mass is 10.1. The zero-order chi connectivity index (χ0) is 14.7. The highest BCUT2D eigenvalue weighted by Crippen LogP contribution is 2.15. The molecule has 21 heavy (non-hydrogen) atoms. The van der Waals surface area contributed by atoms with Crippen LogP contribution in [0.4, 0.5) is 5.69 Å². The first-order valence-electron chi connectivity index (χ1n) is 7.37. The SMILES string of the molecule is CCC1=NO[C@@H](Cn2ncc(N3CCOCC3)cc2=O)C1. The van der Waals surface area contributed by atoms with Gasteiger partial charge in [-0.25, -0.2) is 4.68 Å². The quantitative estimate of drug-likeness (QED) is 0.814. The van der Waals surface area contributed by atoms with Crippen molar-refractivity contribution < 1.29 is 9.57 Å². The van der Waals surface area contributed by atoms with Crippen LogP contribution in [-0.2, 0) is 16.1 Å². The van der Waals surface area contributed by atoms with Gasteiger partial charge in [0, 0.05) is 25.6 Å². The number of morpholine rings is 1. The number of anilines is 1. The number of nitrogens with zero attached hydrogens (tertiary/aromatic N) is 4. The fraction of sp³-hybridized carbons (Fsp3) is 0.643. The number of hydrogen-bond donors (Lipinski definition) is 0. The molecule has 114 valence electrons. The molecule has 2 aliphatic rings. The van der Waals surface area contributed by atoms with Crippen LogP contribution in [0.25, 0.3) is 0 Å². The second kappa shape index (κ2) is 6.26. The third kappa shape index (κ3) is 3.24. The minimum absolute atomic E-state index is 0.0839. The van der Waals surface area contributed by atoms with Gasteiger partial charge in [0.05, 0.1) is 37.4 Å². The van der Waals surface area contributed by atoms with Crippen LogP contribution in [0.3, 0.4) is 0 Å². The van der Waals surface area contributed by atoms with Gasteiger partial charge < -0.3 is 14.5 Å². The van der Waals surface area contributed by atoms with Crippen molar-refractivity contribution in [1.29, 1.82) is 0 Å². The topological polar surface area (TPSA) is 68.9 Å². The highest BCUT2D eigenvalue weighted by Gasteiger charge is 2.21. The number of oxime groups is 1. The Kier molecular flexibility index (Phi) is 4.19. The highest BCUT2D eigenvalue weighted by atomic mass is 16.6. The normalized spacial score (nSPS) is 22.0. The van der Waals surface area contributed by atoms with Crippen LogP contribution in [0, 0.1) is 0 Å². The fourth-order valence-electron chi connectivity index (χ4n) is 2.54. The summed E-state index contributed by atoms with van der Waals surface area (Å²) in [6.07, 6.45) is 3.31. The first kappa shape index (κ1) is 14.1. The van der Waals surface area contributed by atoms with Crippen LogP contribution in [-0.4, -0.2) is 47.9 Å². The van der Waals surface area contributed by atoms with Crippen molar-refractivity contribution in [3.63, 3.8) is 0 Å². The molecule has 3 rings (SSSR count). The summed E-state index contributed by atoms with van der Waals surface area (Å²) < 4.78 is 6.76. The third-order valence-electron chi connectivity index (χ3n) is 3.81. The van der Waals surface area contributed by atoms with Crippen LogP contribution in [0.5, 0.6) is 0 Å². The van der Waals surface area contributed by atoms with Crippen LogP contribution in [0.1, 0.15) is 19.8 Å². The number of hydrogen-bond acceptors (Lipinski definition) is 6. The Bertz CT molecular complexity index is 578. The molecule has 1 atom stereocenters. The molecular weight excluding hydrogens is 272 g/mol. The first-order valence-corrected chi connectivity index (χ1v) is 7.37. The molecule has 0 bridgehead atoms. The predicted molar refractivity (Wildman–Crippen MR) is 78.7 cm³/mol. The van der Waals surface area contributed by atoms with Gasteiger partial charge in [-0.15, -0.1) is 0 Å². The minimum Gasteiger partial charge on any atom is -0.390 e. The molecule has 1 fully saturated rings. The maximum atomic E-state index is 12.2. The smallest absolute Gasteiger partial charge is 0.268 e. The van der Waals surface area contributed by atoms with Crippen LogP contribution < -0.4 is 10.5 Å². The van der Waals surface area contributed by atoms with Gasteiger partial charge in [0.25, 0.3) is 5.56 Å². The molecule has 1 aromatic heterocycles. The first-order chi connectivity index (χ1) is 10.3. The number of rotatable bonds is 4. The average molecular weight is 292 g/mol. The van der Waals surface area contributed by atoms with Crippen molar-refractivity contribution in [2.75, 3.05) is 31.2 Å². The second-order valence-corrected chi connectivity index (χ2v) is 5.28. The van der Waals surface area contributed by atoms with Crippen molar-refractivity contribution in [2.45, 2.75) is 32.4 Å². The van der Waals surface area contributed by atoms with Gasteiger partial charge in [-0.2, -0.15) is 5.10 Å². The summed E-state index contributed by atoms with van der Waals surface area (Å²) in [5, 5.41) is 8.26. The molecule has 0 aliphatic carbocycles. The van der Waals surface area contributed by atoms with E-state index < -0.39 is 0 Å². The maximum absolute atomic E-state index is 12.2. The van der Waals surface area contributed by atoms with Crippen LogP contribution in [0.2, 0.25) is 0 Å². The minimum atomic E-state index is -0.104. The molecule has 0 spiro atoms. The van der Waals surface area contributed by atoms with Crippen LogP contribution in [0.15, 0.2) is 22.2 Å². The number of aromatic nitrogens is 2. The molecule has 7 heteroatoms. The van der Waals surface area contributed by atoms with Gasteiger partial charge in [-0.3, -0.25) is 4.79 Å². The Balaban J connectivity index is 1.66. The summed E-state index contributed by atoms with van der Waals surface area (Å²) in [5.74, 6) is 0. The van der Waals surface area contributed by atoms with Gasteiger partial charge >= 0.3 is 0 Å². The van der Waals surface area contributed by atoms with Crippen LogP contribution >= 0.6 is 0 Å². The summed E-state index contributed by atoms with van der Waals surface area (Å²) >= 11 is 0. The Morgan fingerprint density at radius 2 is 2.19 bits per heavy atom. The van der Waals surface area contributed by atoms with Gasteiger partial charge in [-0.05, 0) is 6.42 Å². The molecule has 0 unspecified atom stereocenters. The van der Waals surface area contributed by atoms with Gasteiger partial charge in [-0.1, -0.05) is 12.1 Å². The lowest BCUT2D eigenvalue weighted by Gasteiger charge is -2.28. The van der Waals surface area contributed by atoms with Crippen molar-refractivity contribution in [3.05, 3.63) is 22.6 Å². The molecule has 0 radical (unpaired) electrons. The maximum Gasteiger partial charge on any atom is 0.268 e. The zero-order valence-corrected chi connectivity index (χ0v) is 12.2. The van der Waals surface area contributed by atoms with Crippen molar-refractivity contribution in [1.82, 2.24) is 9.78 Å². The predicted octanol–water partition coefficient (Wildman–Crippen LogP) is 0.635. The molecular formula is C14H20N4O3. The van der Waals surface area contributed by atoms with E-state index in [0.29, 0.717) is 19.8 Å². The second-order valence-electron chi connectivity index (χ2n) is 5.28. The van der Waals surface area contributed by atoms with E-state index in [0.717, 1.165) is 37.3 Å². The number of ether oxygens (including phenoxy) is 1. The Morgan fingerprint density at radius 3 is 2.86 bits per heavy atom. The van der Waals surface area contributed by atoms with Crippen molar-refractivity contribution in [3.8, 4) is 0 Å². The van der Waals surface area contributed by atoms with Crippen molar-refractivity contribution >= 4 is 11.4 Å². The lowest BCUT2D eigenvalue weighted by Crippen LogP contribution is -2.38. The average Bonchev–Trinajstić information content (AvgIpc) is 2.98. The van der Waals surface area contributed by atoms with E-state index in [1.165, 1.54) is 4.68 Å². The van der Waals surface area contributed by atoms with Gasteiger partial charge in [0.1, 0.15) is 0 Å². The molecule has 0 aromatic carbocycles. The summed E-state index contributed by atoms with van der Waals surface area (Å²) in [6, 6.07) is 1.63. The van der Waals surface area contributed by atoms with E-state index in [9.17, 15) is 4.79 Å².